The van der Waals surface area contributed by atoms with Gasteiger partial charge in [0, 0.05) is 0 Å². The van der Waals surface area contributed by atoms with Crippen LogP contribution in [0.15, 0.2) is 0 Å². The summed E-state index contributed by atoms with van der Waals surface area (Å²) in [5, 5.41) is 0. The molecule has 1 rings (SSSR count). The lowest BCUT2D eigenvalue weighted by molar-refractivity contribution is 0.275. The molecule has 1 fully saturated rings. The SMILES string of the molecule is C1CCSCC1.N.O=P(O)(O)O. The molecule has 0 unspecified atom stereocenters. The second-order valence-corrected chi connectivity index (χ2v) is 4.44. The zero-order chi connectivity index (χ0) is 8.74. The van der Waals surface area contributed by atoms with Crippen LogP contribution < -0.4 is 6.15 Å². The molecule has 76 valence electrons. The summed E-state index contributed by atoms with van der Waals surface area (Å²) >= 11 is 2.09. The molecule has 7 heteroatoms. The number of phosphoric acid groups is 1. The Labute approximate surface area is 76.4 Å². The van der Waals surface area contributed by atoms with Crippen molar-refractivity contribution in [3.05, 3.63) is 0 Å². The highest BCUT2D eigenvalue weighted by Gasteiger charge is 2.00. The topological polar surface area (TPSA) is 113 Å². The second-order valence-electron chi connectivity index (χ2n) is 2.19. The van der Waals surface area contributed by atoms with Crippen molar-refractivity contribution in [2.24, 2.45) is 0 Å². The average molecular weight is 217 g/mol. The first kappa shape index (κ1) is 14.9. The molecule has 0 aromatic heterocycles. The normalized spacial score (nSPS) is 16.9. The molecule has 0 aromatic rings. The summed E-state index contributed by atoms with van der Waals surface area (Å²) in [5.74, 6) is 2.83. The van der Waals surface area contributed by atoms with Crippen molar-refractivity contribution in [2.45, 2.75) is 19.3 Å². The molecule has 6 N–H and O–H groups in total. The number of thioether (sulfide) groups is 1. The quantitative estimate of drug-likeness (QED) is 0.452. The van der Waals surface area contributed by atoms with Crippen molar-refractivity contribution in [3.63, 3.8) is 0 Å². The van der Waals surface area contributed by atoms with Crippen LogP contribution in [0, 0.1) is 0 Å². The van der Waals surface area contributed by atoms with E-state index in [2.05, 4.69) is 11.8 Å². The molecule has 0 atom stereocenters. The number of rotatable bonds is 0. The van der Waals surface area contributed by atoms with Crippen LogP contribution in [0.1, 0.15) is 19.3 Å². The van der Waals surface area contributed by atoms with E-state index in [9.17, 15) is 0 Å². The average Bonchev–Trinajstić information content (AvgIpc) is 1.88. The molecule has 1 aliphatic rings. The lowest BCUT2D eigenvalue weighted by atomic mass is 10.3. The highest BCUT2D eigenvalue weighted by Crippen LogP contribution is 2.25. The van der Waals surface area contributed by atoms with Crippen molar-refractivity contribution >= 4 is 19.6 Å². The maximum Gasteiger partial charge on any atom is 0.466 e. The van der Waals surface area contributed by atoms with Gasteiger partial charge in [0.1, 0.15) is 0 Å². The van der Waals surface area contributed by atoms with Crippen molar-refractivity contribution in [1.29, 1.82) is 0 Å². The van der Waals surface area contributed by atoms with Gasteiger partial charge in [-0.3, -0.25) is 0 Å². The van der Waals surface area contributed by atoms with Crippen molar-refractivity contribution < 1.29 is 19.2 Å². The molecule has 0 spiro atoms. The summed E-state index contributed by atoms with van der Waals surface area (Å²) in [6, 6.07) is 0. The summed E-state index contributed by atoms with van der Waals surface area (Å²) < 4.78 is 8.88. The largest absolute Gasteiger partial charge is 0.466 e. The fraction of sp³-hybridized carbons (Fsp3) is 1.00. The zero-order valence-electron chi connectivity index (χ0n) is 6.85. The minimum absolute atomic E-state index is 0. The Hall–Kier alpha value is 0.420. The van der Waals surface area contributed by atoms with Crippen molar-refractivity contribution in [3.8, 4) is 0 Å². The van der Waals surface area contributed by atoms with E-state index in [1.807, 2.05) is 0 Å². The molecule has 0 radical (unpaired) electrons. The fourth-order valence-corrected chi connectivity index (χ4v) is 1.71. The van der Waals surface area contributed by atoms with Crippen LogP contribution in [-0.4, -0.2) is 26.2 Å². The van der Waals surface area contributed by atoms with Crippen LogP contribution in [-0.2, 0) is 4.57 Å². The number of hydrogen-bond acceptors (Lipinski definition) is 3. The Morgan fingerprint density at radius 1 is 1.00 bits per heavy atom. The number of hydrogen-bond donors (Lipinski definition) is 4. The van der Waals surface area contributed by atoms with Crippen molar-refractivity contribution in [1.82, 2.24) is 6.15 Å². The van der Waals surface area contributed by atoms with Gasteiger partial charge in [0.25, 0.3) is 0 Å². The van der Waals surface area contributed by atoms with E-state index in [4.69, 9.17) is 19.2 Å². The van der Waals surface area contributed by atoms with E-state index in [1.54, 1.807) is 0 Å². The van der Waals surface area contributed by atoms with E-state index < -0.39 is 7.82 Å². The molecule has 1 aliphatic heterocycles. The van der Waals surface area contributed by atoms with Gasteiger partial charge in [0.15, 0.2) is 0 Å². The Balaban J connectivity index is 0. The van der Waals surface area contributed by atoms with Crippen LogP contribution in [0.4, 0.5) is 0 Å². The predicted molar refractivity (Wildman–Crippen MR) is 50.5 cm³/mol. The third-order valence-electron chi connectivity index (χ3n) is 1.08. The summed E-state index contributed by atoms with van der Waals surface area (Å²) in [5.41, 5.74) is 0. The molecule has 1 saturated heterocycles. The van der Waals surface area contributed by atoms with Gasteiger partial charge in [-0.15, -0.1) is 0 Å². The maximum absolute atomic E-state index is 8.88. The van der Waals surface area contributed by atoms with E-state index in [1.165, 1.54) is 30.8 Å². The monoisotopic (exact) mass is 217 g/mol. The summed E-state index contributed by atoms with van der Waals surface area (Å²) in [6.07, 6.45) is 4.41. The molecular weight excluding hydrogens is 201 g/mol. The van der Waals surface area contributed by atoms with Gasteiger partial charge in [-0.1, -0.05) is 6.42 Å². The van der Waals surface area contributed by atoms with Gasteiger partial charge < -0.3 is 20.8 Å². The van der Waals surface area contributed by atoms with Crippen LogP contribution in [0.25, 0.3) is 0 Å². The smallest absolute Gasteiger partial charge is 0.344 e. The summed E-state index contributed by atoms with van der Waals surface area (Å²) in [6.45, 7) is 0. The molecule has 0 aliphatic carbocycles. The lowest BCUT2D eigenvalue weighted by Crippen LogP contribution is -1.91. The lowest BCUT2D eigenvalue weighted by Gasteiger charge is -2.05. The minimum Gasteiger partial charge on any atom is -0.344 e. The Morgan fingerprint density at radius 3 is 1.42 bits per heavy atom. The highest BCUT2D eigenvalue weighted by atomic mass is 32.2. The fourth-order valence-electron chi connectivity index (χ4n) is 0.687. The minimum atomic E-state index is -4.64. The molecule has 0 aromatic carbocycles. The molecule has 1 heterocycles. The second kappa shape index (κ2) is 8.04. The van der Waals surface area contributed by atoms with E-state index >= 15 is 0 Å². The Kier molecular flexibility index (Phi) is 9.99. The molecule has 12 heavy (non-hydrogen) atoms. The molecule has 0 bridgehead atoms. The summed E-state index contributed by atoms with van der Waals surface area (Å²) in [4.78, 5) is 21.6. The van der Waals surface area contributed by atoms with Gasteiger partial charge in [-0.05, 0) is 24.3 Å². The van der Waals surface area contributed by atoms with Gasteiger partial charge in [0.05, 0.1) is 0 Å². The maximum atomic E-state index is 8.88. The van der Waals surface area contributed by atoms with Gasteiger partial charge in [-0.25, -0.2) is 4.57 Å². The third kappa shape index (κ3) is 22.4. The first-order valence-corrected chi connectivity index (χ1v) is 6.08. The first-order chi connectivity index (χ1) is 5.00. The molecule has 5 nitrogen and oxygen atoms in total. The zero-order valence-corrected chi connectivity index (χ0v) is 8.56. The van der Waals surface area contributed by atoms with Crippen LogP contribution >= 0.6 is 19.6 Å². The molecule has 0 amide bonds. The Morgan fingerprint density at radius 2 is 1.33 bits per heavy atom. The first-order valence-electron chi connectivity index (χ1n) is 3.36. The van der Waals surface area contributed by atoms with Gasteiger partial charge >= 0.3 is 7.82 Å². The van der Waals surface area contributed by atoms with Gasteiger partial charge in [0.2, 0.25) is 0 Å². The molecule has 0 saturated carbocycles. The van der Waals surface area contributed by atoms with E-state index in [0.29, 0.717) is 0 Å². The standard InChI is InChI=1S/C5H10S.H3N.H3O4P/c1-2-4-6-5-3-1;;1-5(2,3)4/h1-5H2;1H3;(H3,1,2,3,4). The van der Waals surface area contributed by atoms with Gasteiger partial charge in [-0.2, -0.15) is 11.8 Å². The highest BCUT2D eigenvalue weighted by molar-refractivity contribution is 7.99. The third-order valence-corrected chi connectivity index (χ3v) is 2.23. The Bertz CT molecular complexity index is 116. The van der Waals surface area contributed by atoms with Crippen LogP contribution in [0.3, 0.4) is 0 Å². The van der Waals surface area contributed by atoms with Crippen LogP contribution in [0.2, 0.25) is 0 Å². The molecular formula is C5H16NO4PS. The van der Waals surface area contributed by atoms with E-state index in [-0.39, 0.29) is 6.15 Å². The van der Waals surface area contributed by atoms with Crippen LogP contribution in [0.5, 0.6) is 0 Å². The summed E-state index contributed by atoms with van der Waals surface area (Å²) in [7, 11) is -4.64. The van der Waals surface area contributed by atoms with E-state index in [0.717, 1.165) is 0 Å². The van der Waals surface area contributed by atoms with Crippen molar-refractivity contribution in [2.75, 3.05) is 11.5 Å². The predicted octanol–water partition coefficient (Wildman–Crippen LogP) is 1.14.